The first-order valence-corrected chi connectivity index (χ1v) is 8.85. The second-order valence-electron chi connectivity index (χ2n) is 6.42. The number of nitrogens with two attached hydrogens (primary N) is 2. The second-order valence-corrected chi connectivity index (χ2v) is 6.42. The third-order valence-electron chi connectivity index (χ3n) is 4.25. The van der Waals surface area contributed by atoms with E-state index in [2.05, 4.69) is 25.5 Å². The van der Waals surface area contributed by atoms with Crippen molar-refractivity contribution in [2.75, 3.05) is 16.8 Å². The molecule has 0 saturated heterocycles. The van der Waals surface area contributed by atoms with Crippen LogP contribution < -0.4 is 16.8 Å². The van der Waals surface area contributed by atoms with E-state index in [-0.39, 0.29) is 41.4 Å². The lowest BCUT2D eigenvalue weighted by Crippen LogP contribution is -2.13. The fraction of sp³-hybridized carbons (Fsp3) is 0.105. The highest BCUT2D eigenvalue weighted by molar-refractivity contribution is 5.95. The number of nitrogens with zero attached hydrogens (tertiary/aromatic N) is 5. The van der Waals surface area contributed by atoms with Crippen molar-refractivity contribution in [3.8, 4) is 22.9 Å². The van der Waals surface area contributed by atoms with Gasteiger partial charge in [0.2, 0.25) is 5.91 Å². The maximum absolute atomic E-state index is 14.2. The van der Waals surface area contributed by atoms with Crippen LogP contribution in [-0.4, -0.2) is 30.8 Å². The topological polar surface area (TPSA) is 151 Å². The minimum Gasteiger partial charge on any atom is -0.382 e. The highest BCUT2D eigenvalue weighted by atomic mass is 19.1. The molecule has 152 valence electrons. The highest BCUT2D eigenvalue weighted by Gasteiger charge is 2.19. The molecule has 4 rings (SSSR count). The summed E-state index contributed by atoms with van der Waals surface area (Å²) in [5.74, 6) is -0.563. The Labute approximate surface area is 169 Å². The molecule has 4 aromatic rings. The van der Waals surface area contributed by atoms with E-state index in [4.69, 9.17) is 16.0 Å². The van der Waals surface area contributed by atoms with Crippen LogP contribution in [0.2, 0.25) is 0 Å². The molecule has 5 N–H and O–H groups in total. The predicted molar refractivity (Wildman–Crippen MR) is 107 cm³/mol. The fourth-order valence-electron chi connectivity index (χ4n) is 2.90. The van der Waals surface area contributed by atoms with Crippen LogP contribution in [0.3, 0.4) is 0 Å². The Balaban J connectivity index is 1.78. The molecule has 0 radical (unpaired) electrons. The van der Waals surface area contributed by atoms with Crippen LogP contribution in [0.15, 0.2) is 47.2 Å². The minimum atomic E-state index is -0.356. The zero-order valence-corrected chi connectivity index (χ0v) is 15.8. The van der Waals surface area contributed by atoms with Gasteiger partial charge in [-0.15, -0.1) is 0 Å². The van der Waals surface area contributed by atoms with E-state index in [1.807, 2.05) is 0 Å². The van der Waals surface area contributed by atoms with E-state index in [1.165, 1.54) is 19.3 Å². The first-order valence-electron chi connectivity index (χ1n) is 8.85. The monoisotopic (exact) mass is 408 g/mol. The predicted octanol–water partition coefficient (Wildman–Crippen LogP) is 2.31. The molecular formula is C19H17FN8O2. The normalized spacial score (nSPS) is 10.9. The third kappa shape index (κ3) is 3.68. The molecule has 0 aliphatic carbocycles. The van der Waals surface area contributed by atoms with E-state index in [0.29, 0.717) is 22.6 Å². The van der Waals surface area contributed by atoms with Crippen molar-refractivity contribution >= 4 is 23.2 Å². The van der Waals surface area contributed by atoms with E-state index < -0.39 is 0 Å². The van der Waals surface area contributed by atoms with Crippen LogP contribution in [-0.2, 0) is 11.3 Å². The largest absolute Gasteiger partial charge is 0.382 e. The van der Waals surface area contributed by atoms with Crippen molar-refractivity contribution in [1.82, 2.24) is 24.9 Å². The lowest BCUT2D eigenvalue weighted by Gasteiger charge is -2.09. The first-order chi connectivity index (χ1) is 14.4. The van der Waals surface area contributed by atoms with Crippen LogP contribution >= 0.6 is 0 Å². The molecule has 0 bridgehead atoms. The Morgan fingerprint density at radius 3 is 2.53 bits per heavy atom. The Morgan fingerprint density at radius 2 is 1.90 bits per heavy atom. The summed E-state index contributed by atoms with van der Waals surface area (Å²) in [4.78, 5) is 19.7. The van der Waals surface area contributed by atoms with Gasteiger partial charge in [-0.1, -0.05) is 23.4 Å². The van der Waals surface area contributed by atoms with Crippen molar-refractivity contribution in [2.24, 2.45) is 0 Å². The number of aromatic nitrogens is 5. The number of rotatable bonds is 5. The molecule has 0 atom stereocenters. The molecule has 0 aliphatic rings. The van der Waals surface area contributed by atoms with Gasteiger partial charge in [0.25, 0.3) is 0 Å². The summed E-state index contributed by atoms with van der Waals surface area (Å²) in [6, 6.07) is 9.72. The lowest BCUT2D eigenvalue weighted by atomic mass is 10.2. The van der Waals surface area contributed by atoms with Gasteiger partial charge in [0.15, 0.2) is 17.5 Å². The van der Waals surface area contributed by atoms with Crippen LogP contribution in [0, 0.1) is 5.82 Å². The molecule has 11 heteroatoms. The summed E-state index contributed by atoms with van der Waals surface area (Å²) >= 11 is 0. The number of anilines is 3. The SMILES string of the molecule is CC(=O)Nc1c(N)nc(-c2cc(-c3ccon3)n(Cc3ccccc3F)n2)nc1N. The number of nitrogen functional groups attached to an aromatic ring is 2. The van der Waals surface area contributed by atoms with Crippen LogP contribution in [0.25, 0.3) is 22.9 Å². The summed E-state index contributed by atoms with van der Waals surface area (Å²) < 4.78 is 20.7. The lowest BCUT2D eigenvalue weighted by molar-refractivity contribution is -0.114. The fourth-order valence-corrected chi connectivity index (χ4v) is 2.90. The molecule has 0 unspecified atom stereocenters. The van der Waals surface area contributed by atoms with Crippen LogP contribution in [0.4, 0.5) is 21.7 Å². The van der Waals surface area contributed by atoms with Crippen LogP contribution in [0.5, 0.6) is 0 Å². The average Bonchev–Trinajstić information content (AvgIpc) is 3.36. The summed E-state index contributed by atoms with van der Waals surface area (Å²) in [6.07, 6.45) is 1.42. The first kappa shape index (κ1) is 19.1. The molecule has 10 nitrogen and oxygen atoms in total. The maximum atomic E-state index is 14.2. The van der Waals surface area contributed by atoms with Crippen molar-refractivity contribution < 1.29 is 13.7 Å². The zero-order valence-electron chi connectivity index (χ0n) is 15.8. The van der Waals surface area contributed by atoms with Gasteiger partial charge in [0.05, 0.1) is 12.2 Å². The summed E-state index contributed by atoms with van der Waals surface area (Å²) in [5.41, 5.74) is 13.9. The van der Waals surface area contributed by atoms with Gasteiger partial charge in [-0.3, -0.25) is 9.48 Å². The highest BCUT2D eigenvalue weighted by Crippen LogP contribution is 2.29. The molecule has 1 aromatic carbocycles. The van der Waals surface area contributed by atoms with Crippen molar-refractivity contribution in [3.05, 3.63) is 54.0 Å². The Hall–Kier alpha value is -4.28. The third-order valence-corrected chi connectivity index (χ3v) is 4.25. The average molecular weight is 408 g/mol. The van der Waals surface area contributed by atoms with E-state index in [0.717, 1.165) is 0 Å². The molecule has 3 aromatic heterocycles. The molecular weight excluding hydrogens is 391 g/mol. The van der Waals surface area contributed by atoms with Gasteiger partial charge in [-0.05, 0) is 12.1 Å². The minimum absolute atomic E-state index is 0.000611. The smallest absolute Gasteiger partial charge is 0.221 e. The van der Waals surface area contributed by atoms with Crippen molar-refractivity contribution in [3.63, 3.8) is 0 Å². The van der Waals surface area contributed by atoms with E-state index >= 15 is 0 Å². The van der Waals surface area contributed by atoms with Gasteiger partial charge in [-0.2, -0.15) is 5.10 Å². The molecule has 3 heterocycles. The number of carbonyl (C=O) groups excluding carboxylic acids is 1. The van der Waals surface area contributed by atoms with Gasteiger partial charge in [0.1, 0.15) is 29.2 Å². The quantitative estimate of drug-likeness (QED) is 0.455. The van der Waals surface area contributed by atoms with Gasteiger partial charge in [0, 0.05) is 18.6 Å². The Kier molecular flexibility index (Phi) is 4.84. The number of halogens is 1. The molecule has 1 amide bonds. The summed E-state index contributed by atoms with van der Waals surface area (Å²) in [7, 11) is 0. The summed E-state index contributed by atoms with van der Waals surface area (Å²) in [5, 5.41) is 10.9. The van der Waals surface area contributed by atoms with Gasteiger partial charge < -0.3 is 21.3 Å². The molecule has 0 aliphatic heterocycles. The Morgan fingerprint density at radius 1 is 1.17 bits per heavy atom. The molecule has 0 saturated carbocycles. The molecule has 0 fully saturated rings. The molecule has 0 spiro atoms. The van der Waals surface area contributed by atoms with Gasteiger partial charge in [-0.25, -0.2) is 14.4 Å². The number of carbonyl (C=O) groups is 1. The maximum Gasteiger partial charge on any atom is 0.221 e. The molecule has 30 heavy (non-hydrogen) atoms. The number of hydrogen-bond acceptors (Lipinski definition) is 8. The van der Waals surface area contributed by atoms with E-state index in [9.17, 15) is 9.18 Å². The number of hydrogen-bond donors (Lipinski definition) is 3. The van der Waals surface area contributed by atoms with Gasteiger partial charge >= 0.3 is 0 Å². The van der Waals surface area contributed by atoms with Crippen molar-refractivity contribution in [2.45, 2.75) is 13.5 Å². The number of benzene rings is 1. The van der Waals surface area contributed by atoms with Crippen molar-refractivity contribution in [1.29, 1.82) is 0 Å². The zero-order chi connectivity index (χ0) is 21.3. The number of amides is 1. The van der Waals surface area contributed by atoms with Crippen LogP contribution in [0.1, 0.15) is 12.5 Å². The summed E-state index contributed by atoms with van der Waals surface area (Å²) in [6.45, 7) is 1.46. The number of nitrogens with one attached hydrogen (secondary N) is 1. The standard InChI is InChI=1S/C19H17FN8O2/c1-10(29)23-16-17(21)24-19(25-18(16)22)14-8-15(13-6-7-30-27-13)28(26-14)9-11-4-2-3-5-12(11)20/h2-8H,9H2,1H3,(H,23,29)(H4,21,22,24,25). The Bertz CT molecular complexity index is 1200. The second kappa shape index (κ2) is 7.62. The van der Waals surface area contributed by atoms with E-state index in [1.54, 1.807) is 35.0 Å².